The molecule has 5 atom stereocenters. The van der Waals surface area contributed by atoms with E-state index in [1.165, 1.54) is 11.8 Å². The van der Waals surface area contributed by atoms with Gasteiger partial charge in [-0.1, -0.05) is 31.9 Å². The molecule has 4 aliphatic rings. The molecule has 3 fully saturated rings. The Morgan fingerprint density at radius 2 is 1.85 bits per heavy atom. The third kappa shape index (κ3) is 6.36. The molecule has 2 aliphatic heterocycles. The molecule has 4 rings (SSSR count). The van der Waals surface area contributed by atoms with E-state index in [1.54, 1.807) is 0 Å². The van der Waals surface area contributed by atoms with Crippen molar-refractivity contribution in [3.63, 3.8) is 0 Å². The van der Waals surface area contributed by atoms with Crippen molar-refractivity contribution in [2.24, 2.45) is 17.3 Å². The van der Waals surface area contributed by atoms with Crippen molar-refractivity contribution in [3.8, 4) is 0 Å². The van der Waals surface area contributed by atoms with E-state index in [0.717, 1.165) is 12.8 Å². The normalized spacial score (nSPS) is 32.5. The number of rotatable bonds is 7. The van der Waals surface area contributed by atoms with Crippen LogP contribution in [0.3, 0.4) is 0 Å². The molecule has 0 unspecified atom stereocenters. The van der Waals surface area contributed by atoms with E-state index >= 15 is 0 Å². The second-order valence-electron chi connectivity index (χ2n) is 12.3. The van der Waals surface area contributed by atoms with Crippen LogP contribution in [0.2, 0.25) is 0 Å². The molecule has 2 saturated carbocycles. The summed E-state index contributed by atoms with van der Waals surface area (Å²) in [6.45, 7) is 2.38. The number of nitrogens with one attached hydrogen (secondary N) is 3. The van der Waals surface area contributed by atoms with Crippen LogP contribution in [0.5, 0.6) is 0 Å². The monoisotopic (exact) mass is 582 g/mol. The zero-order valence-corrected chi connectivity index (χ0v) is 24.0. The Labute approximate surface area is 235 Å². The van der Waals surface area contributed by atoms with E-state index < -0.39 is 75.2 Å². The van der Waals surface area contributed by atoms with Gasteiger partial charge >= 0.3 is 0 Å². The highest BCUT2D eigenvalue weighted by molar-refractivity contribution is 7.91. The smallest absolute Gasteiger partial charge is 0.259 e. The zero-order valence-electron chi connectivity index (χ0n) is 23.2. The van der Waals surface area contributed by atoms with Gasteiger partial charge in [-0.15, -0.1) is 0 Å². The summed E-state index contributed by atoms with van der Waals surface area (Å²) in [5.74, 6) is -2.77. The Kier molecular flexibility index (Phi) is 8.96. The number of hydrogen-bond donors (Lipinski definition) is 5. The lowest BCUT2D eigenvalue weighted by atomic mass is 9.91. The van der Waals surface area contributed by atoms with Gasteiger partial charge in [0.1, 0.15) is 17.6 Å². The molecule has 4 amide bonds. The van der Waals surface area contributed by atoms with Crippen molar-refractivity contribution in [1.82, 2.24) is 20.3 Å². The number of nitrogens with zero attached hydrogens (tertiary/aromatic N) is 1. The van der Waals surface area contributed by atoms with E-state index in [1.807, 2.05) is 19.1 Å². The van der Waals surface area contributed by atoms with E-state index in [2.05, 4.69) is 15.4 Å². The second-order valence-corrected chi connectivity index (χ2v) is 14.2. The lowest BCUT2D eigenvalue weighted by Crippen LogP contribution is -2.59. The Hall–Kier alpha value is -2.51. The van der Waals surface area contributed by atoms with Crippen LogP contribution in [-0.4, -0.2) is 89.8 Å². The van der Waals surface area contributed by atoms with Gasteiger partial charge in [-0.2, -0.15) is 0 Å². The van der Waals surface area contributed by atoms with Gasteiger partial charge in [0.05, 0.1) is 23.9 Å². The first kappa shape index (κ1) is 30.4. The lowest BCUT2D eigenvalue weighted by Gasteiger charge is -2.32. The van der Waals surface area contributed by atoms with Crippen LogP contribution in [0.25, 0.3) is 0 Å². The largest absolute Gasteiger partial charge is 0.395 e. The highest BCUT2D eigenvalue weighted by Crippen LogP contribution is 2.46. The number of fused-ring (bicyclic) bond motifs is 2. The Bertz CT molecular complexity index is 1150. The predicted molar refractivity (Wildman–Crippen MR) is 145 cm³/mol. The Morgan fingerprint density at radius 1 is 1.15 bits per heavy atom. The van der Waals surface area contributed by atoms with Gasteiger partial charge < -0.3 is 25.7 Å². The topological polar surface area (TPSA) is 182 Å². The summed E-state index contributed by atoms with van der Waals surface area (Å²) in [5, 5.41) is 24.3. The van der Waals surface area contributed by atoms with E-state index in [4.69, 9.17) is 0 Å². The van der Waals surface area contributed by atoms with Gasteiger partial charge in [0.15, 0.2) is 0 Å². The first-order valence-corrected chi connectivity index (χ1v) is 15.8. The summed E-state index contributed by atoms with van der Waals surface area (Å²) in [5.41, 5.74) is -2.88. The molecule has 40 heavy (non-hydrogen) atoms. The summed E-state index contributed by atoms with van der Waals surface area (Å²) in [4.78, 5) is 55.1. The number of carbonyl (C=O) groups is 4. The van der Waals surface area contributed by atoms with Crippen LogP contribution in [0, 0.1) is 17.3 Å². The first-order valence-electron chi connectivity index (χ1n) is 14.2. The minimum absolute atomic E-state index is 0.0231. The molecule has 1 saturated heterocycles. The number of allylic oxidation sites excluding steroid dienone is 1. The summed E-state index contributed by atoms with van der Waals surface area (Å²) in [7, 11) is -3.82. The highest BCUT2D eigenvalue weighted by Gasteiger charge is 2.62. The molecule has 224 valence electrons. The standard InChI is InChI=1S/C27H42N4O8S/c1-17-12-21-22(34)29-27(25(37)30-40(38,39)19-10-11-19)13-18(27)8-6-4-3-5-7-9-20(23(35)31(21)14-17)28-24(36)26(2,15-32)16-33/h6,8,17-21,32-33H,3-5,7,9-16H2,1-2H3,(H,28,36)(H,29,34)(H,30,37)/b8-6-/t17-,18-,20+,21+,27-/m1/s1. The molecule has 5 N–H and O–H groups in total. The SMILES string of the molecule is C[C@@H]1C[C@H]2C(=O)N[C@]3(C(=O)NS(=O)(=O)C4CC4)C[C@H]3/C=C\CCCCC[C@H](NC(=O)C(C)(CO)CO)C(=O)N2C1. The number of aliphatic hydroxyl groups excluding tert-OH is 2. The van der Waals surface area contributed by atoms with Gasteiger partial charge in [-0.25, -0.2) is 8.42 Å². The van der Waals surface area contributed by atoms with Crippen molar-refractivity contribution in [1.29, 1.82) is 0 Å². The molecule has 0 aromatic carbocycles. The molecule has 12 nitrogen and oxygen atoms in total. The van der Waals surface area contributed by atoms with Crippen LogP contribution in [-0.2, 0) is 29.2 Å². The van der Waals surface area contributed by atoms with Crippen LogP contribution >= 0.6 is 0 Å². The third-order valence-electron chi connectivity index (χ3n) is 8.64. The van der Waals surface area contributed by atoms with E-state index in [0.29, 0.717) is 38.5 Å². The van der Waals surface area contributed by atoms with Gasteiger partial charge in [0.2, 0.25) is 27.7 Å². The fourth-order valence-electron chi connectivity index (χ4n) is 5.54. The van der Waals surface area contributed by atoms with Crippen LogP contribution in [0.4, 0.5) is 0 Å². The Balaban J connectivity index is 1.59. The molecule has 13 heteroatoms. The van der Waals surface area contributed by atoms with Gasteiger partial charge in [0.25, 0.3) is 5.91 Å². The maximum Gasteiger partial charge on any atom is 0.259 e. The minimum atomic E-state index is -3.82. The summed E-state index contributed by atoms with van der Waals surface area (Å²) < 4.78 is 27.2. The summed E-state index contributed by atoms with van der Waals surface area (Å²) in [6, 6.07) is -1.86. The fraction of sp³-hybridized carbons (Fsp3) is 0.778. The molecule has 2 aliphatic carbocycles. The molecular weight excluding hydrogens is 540 g/mol. The average molecular weight is 583 g/mol. The van der Waals surface area contributed by atoms with Crippen LogP contribution in [0.1, 0.15) is 71.6 Å². The molecule has 0 bridgehead atoms. The number of carbonyl (C=O) groups excluding carboxylic acids is 4. The van der Waals surface area contributed by atoms with Crippen LogP contribution in [0.15, 0.2) is 12.2 Å². The average Bonchev–Trinajstić information content (AvgIpc) is 3.83. The molecule has 2 heterocycles. The maximum atomic E-state index is 13.8. The quantitative estimate of drug-likeness (QED) is 0.254. The lowest BCUT2D eigenvalue weighted by molar-refractivity contribution is -0.145. The highest BCUT2D eigenvalue weighted by atomic mass is 32.2. The zero-order chi connectivity index (χ0) is 29.3. The van der Waals surface area contributed by atoms with Gasteiger partial charge in [-0.05, 0) is 57.8 Å². The van der Waals surface area contributed by atoms with Crippen molar-refractivity contribution < 1.29 is 37.8 Å². The Morgan fingerprint density at radius 3 is 2.50 bits per heavy atom. The second kappa shape index (κ2) is 11.8. The predicted octanol–water partition coefficient (Wildman–Crippen LogP) is -0.297. The number of aliphatic hydroxyl groups is 2. The molecule has 0 aromatic rings. The van der Waals surface area contributed by atoms with Gasteiger partial charge in [0, 0.05) is 12.5 Å². The van der Waals surface area contributed by atoms with Gasteiger partial charge in [-0.3, -0.25) is 23.9 Å². The fourth-order valence-corrected chi connectivity index (χ4v) is 6.90. The number of sulfonamides is 1. The van der Waals surface area contributed by atoms with Crippen molar-refractivity contribution >= 4 is 33.7 Å². The molecular formula is C27H42N4O8S. The minimum Gasteiger partial charge on any atom is -0.395 e. The van der Waals surface area contributed by atoms with Crippen molar-refractivity contribution in [2.45, 2.75) is 94.5 Å². The van der Waals surface area contributed by atoms with E-state index in [9.17, 15) is 37.8 Å². The summed E-state index contributed by atoms with van der Waals surface area (Å²) in [6.07, 6.45) is 8.63. The van der Waals surface area contributed by atoms with Crippen LogP contribution < -0.4 is 15.4 Å². The van der Waals surface area contributed by atoms with Crippen molar-refractivity contribution in [2.75, 3.05) is 19.8 Å². The molecule has 0 radical (unpaired) electrons. The number of hydrogen-bond acceptors (Lipinski definition) is 8. The first-order chi connectivity index (χ1) is 18.9. The maximum absolute atomic E-state index is 13.8. The summed E-state index contributed by atoms with van der Waals surface area (Å²) >= 11 is 0. The van der Waals surface area contributed by atoms with E-state index in [-0.39, 0.29) is 24.8 Å². The third-order valence-corrected chi connectivity index (χ3v) is 10.5. The molecule has 0 spiro atoms. The van der Waals surface area contributed by atoms with Crippen molar-refractivity contribution in [3.05, 3.63) is 12.2 Å². The number of amides is 4. The molecule has 0 aromatic heterocycles.